The summed E-state index contributed by atoms with van der Waals surface area (Å²) in [5.41, 5.74) is 3.11. The van der Waals surface area contributed by atoms with E-state index in [0.29, 0.717) is 17.9 Å². The Bertz CT molecular complexity index is 397. The van der Waals surface area contributed by atoms with E-state index >= 15 is 0 Å². The topological polar surface area (TPSA) is 12.0 Å². The highest BCUT2D eigenvalue weighted by Gasteiger charge is 2.20. The van der Waals surface area contributed by atoms with Crippen molar-refractivity contribution in [3.8, 4) is 0 Å². The van der Waals surface area contributed by atoms with Crippen LogP contribution in [0.15, 0.2) is 24.3 Å². The van der Waals surface area contributed by atoms with Crippen LogP contribution in [0, 0.1) is 11.8 Å². The number of rotatable bonds is 7. The largest absolute Gasteiger partial charge is 0.313 e. The van der Waals surface area contributed by atoms with E-state index in [4.69, 9.17) is 0 Å². The predicted octanol–water partition coefficient (Wildman–Crippen LogP) is 5.19. The van der Waals surface area contributed by atoms with E-state index in [1.54, 1.807) is 0 Å². The second-order valence-corrected chi connectivity index (χ2v) is 7.81. The van der Waals surface area contributed by atoms with Crippen molar-refractivity contribution in [3.63, 3.8) is 0 Å². The molecule has 0 heterocycles. The van der Waals surface area contributed by atoms with Gasteiger partial charge in [-0.15, -0.1) is 0 Å². The molecule has 1 N–H and O–H groups in total. The molecule has 1 heteroatoms. The van der Waals surface area contributed by atoms with Crippen molar-refractivity contribution in [2.24, 2.45) is 11.8 Å². The van der Waals surface area contributed by atoms with Crippen molar-refractivity contribution in [1.82, 2.24) is 5.32 Å². The van der Waals surface area contributed by atoms with Crippen molar-refractivity contribution in [3.05, 3.63) is 35.4 Å². The van der Waals surface area contributed by atoms with Crippen molar-refractivity contribution < 1.29 is 0 Å². The van der Waals surface area contributed by atoms with Gasteiger partial charge in [-0.1, -0.05) is 72.7 Å². The highest BCUT2D eigenvalue weighted by molar-refractivity contribution is 5.28. The Balaban J connectivity index is 2.78. The standard InChI is InChI=1S/C20H35N/c1-8-13-21-19(16(4)15(2)3)14-17-9-11-18(12-10-17)20(5,6)7/h9-12,15-16,19,21H,8,13-14H2,1-7H3. The minimum atomic E-state index is 0.240. The van der Waals surface area contributed by atoms with Crippen LogP contribution < -0.4 is 5.32 Å². The third kappa shape index (κ3) is 5.82. The Labute approximate surface area is 132 Å². The van der Waals surface area contributed by atoms with E-state index in [-0.39, 0.29) is 5.41 Å². The van der Waals surface area contributed by atoms with Crippen LogP contribution in [-0.2, 0) is 11.8 Å². The first kappa shape index (κ1) is 18.2. The summed E-state index contributed by atoms with van der Waals surface area (Å²) >= 11 is 0. The van der Waals surface area contributed by atoms with E-state index in [1.807, 2.05) is 0 Å². The van der Waals surface area contributed by atoms with Crippen molar-refractivity contribution >= 4 is 0 Å². The van der Waals surface area contributed by atoms with Gasteiger partial charge in [-0.05, 0) is 47.8 Å². The Morgan fingerprint density at radius 1 is 1.00 bits per heavy atom. The van der Waals surface area contributed by atoms with Gasteiger partial charge in [0.05, 0.1) is 0 Å². The molecular formula is C20H35N. The van der Waals surface area contributed by atoms with Crippen LogP contribution in [0.2, 0.25) is 0 Å². The predicted molar refractivity (Wildman–Crippen MR) is 94.9 cm³/mol. The number of hydrogen-bond acceptors (Lipinski definition) is 1. The maximum Gasteiger partial charge on any atom is 0.0135 e. The van der Waals surface area contributed by atoms with Gasteiger partial charge in [0, 0.05) is 6.04 Å². The monoisotopic (exact) mass is 289 g/mol. The van der Waals surface area contributed by atoms with Crippen LogP contribution in [-0.4, -0.2) is 12.6 Å². The van der Waals surface area contributed by atoms with E-state index in [9.17, 15) is 0 Å². The van der Waals surface area contributed by atoms with Crippen LogP contribution in [0.1, 0.15) is 66.0 Å². The van der Waals surface area contributed by atoms with Gasteiger partial charge in [0.1, 0.15) is 0 Å². The molecule has 0 saturated heterocycles. The summed E-state index contributed by atoms with van der Waals surface area (Å²) in [7, 11) is 0. The molecule has 2 unspecified atom stereocenters. The fourth-order valence-corrected chi connectivity index (χ4v) is 2.63. The Morgan fingerprint density at radius 3 is 2.00 bits per heavy atom. The molecule has 0 fully saturated rings. The van der Waals surface area contributed by atoms with E-state index < -0.39 is 0 Å². The fourth-order valence-electron chi connectivity index (χ4n) is 2.63. The summed E-state index contributed by atoms with van der Waals surface area (Å²) in [6.07, 6.45) is 2.33. The van der Waals surface area contributed by atoms with Crippen molar-refractivity contribution in [2.75, 3.05) is 6.54 Å². The zero-order valence-electron chi connectivity index (χ0n) is 15.2. The van der Waals surface area contributed by atoms with E-state index in [2.05, 4.69) is 78.0 Å². The summed E-state index contributed by atoms with van der Waals surface area (Å²) in [6, 6.07) is 9.80. The molecule has 1 nitrogen and oxygen atoms in total. The van der Waals surface area contributed by atoms with Crippen molar-refractivity contribution in [2.45, 2.75) is 72.8 Å². The van der Waals surface area contributed by atoms with E-state index in [1.165, 1.54) is 17.5 Å². The number of hydrogen-bond donors (Lipinski definition) is 1. The van der Waals surface area contributed by atoms with Crippen molar-refractivity contribution in [1.29, 1.82) is 0 Å². The molecule has 120 valence electrons. The third-order valence-corrected chi connectivity index (χ3v) is 4.62. The molecule has 0 amide bonds. The lowest BCUT2D eigenvalue weighted by atomic mass is 9.84. The summed E-state index contributed by atoms with van der Waals surface area (Å²) in [5.74, 6) is 1.41. The van der Waals surface area contributed by atoms with Crippen LogP contribution >= 0.6 is 0 Å². The first-order chi connectivity index (χ1) is 9.75. The zero-order chi connectivity index (χ0) is 16.0. The summed E-state index contributed by atoms with van der Waals surface area (Å²) < 4.78 is 0. The van der Waals surface area contributed by atoms with Gasteiger partial charge < -0.3 is 5.32 Å². The van der Waals surface area contributed by atoms with Gasteiger partial charge in [0.25, 0.3) is 0 Å². The van der Waals surface area contributed by atoms with Crippen LogP contribution in [0.5, 0.6) is 0 Å². The summed E-state index contributed by atoms with van der Waals surface area (Å²) in [6.45, 7) is 17.2. The number of benzene rings is 1. The Morgan fingerprint density at radius 2 is 1.57 bits per heavy atom. The maximum atomic E-state index is 3.74. The van der Waals surface area contributed by atoms with Gasteiger partial charge in [0.15, 0.2) is 0 Å². The molecule has 1 aromatic rings. The smallest absolute Gasteiger partial charge is 0.0135 e. The molecular weight excluding hydrogens is 254 g/mol. The Kier molecular flexibility index (Phi) is 6.93. The SMILES string of the molecule is CCCNC(Cc1ccc(C(C)(C)C)cc1)C(C)C(C)C. The number of nitrogens with one attached hydrogen (secondary N) is 1. The first-order valence-corrected chi connectivity index (χ1v) is 8.58. The second-order valence-electron chi connectivity index (χ2n) is 7.81. The molecule has 0 radical (unpaired) electrons. The highest BCUT2D eigenvalue weighted by atomic mass is 14.9. The minimum Gasteiger partial charge on any atom is -0.313 e. The molecule has 0 aliphatic rings. The van der Waals surface area contributed by atoms with Gasteiger partial charge in [-0.25, -0.2) is 0 Å². The third-order valence-electron chi connectivity index (χ3n) is 4.62. The first-order valence-electron chi connectivity index (χ1n) is 8.58. The van der Waals surface area contributed by atoms with E-state index in [0.717, 1.165) is 13.0 Å². The van der Waals surface area contributed by atoms with Crippen LogP contribution in [0.3, 0.4) is 0 Å². The fraction of sp³-hybridized carbons (Fsp3) is 0.700. The summed E-state index contributed by atoms with van der Waals surface area (Å²) in [5, 5.41) is 3.74. The van der Waals surface area contributed by atoms with Gasteiger partial charge >= 0.3 is 0 Å². The quantitative estimate of drug-likeness (QED) is 0.728. The molecule has 2 atom stereocenters. The molecule has 0 aliphatic heterocycles. The lowest BCUT2D eigenvalue weighted by molar-refractivity contribution is 0.297. The lowest BCUT2D eigenvalue weighted by Crippen LogP contribution is -2.39. The zero-order valence-corrected chi connectivity index (χ0v) is 15.2. The normalized spacial score (nSPS) is 15.2. The summed E-state index contributed by atoms with van der Waals surface area (Å²) in [4.78, 5) is 0. The average molecular weight is 290 g/mol. The second kappa shape index (κ2) is 7.98. The van der Waals surface area contributed by atoms with Gasteiger partial charge in [-0.2, -0.15) is 0 Å². The van der Waals surface area contributed by atoms with Gasteiger partial charge in [0.2, 0.25) is 0 Å². The highest BCUT2D eigenvalue weighted by Crippen LogP contribution is 2.24. The van der Waals surface area contributed by atoms with Crippen LogP contribution in [0.4, 0.5) is 0 Å². The minimum absolute atomic E-state index is 0.240. The maximum absolute atomic E-state index is 3.74. The van der Waals surface area contributed by atoms with Gasteiger partial charge in [-0.3, -0.25) is 0 Å². The molecule has 0 aromatic heterocycles. The molecule has 21 heavy (non-hydrogen) atoms. The molecule has 0 aliphatic carbocycles. The average Bonchev–Trinajstić information content (AvgIpc) is 2.42. The molecule has 0 spiro atoms. The molecule has 0 bridgehead atoms. The Hall–Kier alpha value is -0.820. The van der Waals surface area contributed by atoms with Crippen LogP contribution in [0.25, 0.3) is 0 Å². The molecule has 1 rings (SSSR count). The molecule has 1 aromatic carbocycles. The lowest BCUT2D eigenvalue weighted by Gasteiger charge is -2.28. The molecule has 0 saturated carbocycles.